The summed E-state index contributed by atoms with van der Waals surface area (Å²) in [7, 11) is 0. The lowest BCUT2D eigenvalue weighted by molar-refractivity contribution is -0.146. The first-order valence-electron chi connectivity index (χ1n) is 4.68. The molecular formula is C11H13BrO4. The minimum atomic E-state index is -0.988. The van der Waals surface area contributed by atoms with Crippen LogP contribution in [0.25, 0.3) is 0 Å². The van der Waals surface area contributed by atoms with Crippen LogP contribution in [-0.4, -0.2) is 21.3 Å². The van der Waals surface area contributed by atoms with Crippen molar-refractivity contribution in [3.8, 4) is 11.5 Å². The molecule has 1 aromatic carbocycles. The number of hydrogen-bond donors (Lipinski definition) is 3. The molecule has 0 bridgehead atoms. The van der Waals surface area contributed by atoms with E-state index >= 15 is 0 Å². The summed E-state index contributed by atoms with van der Waals surface area (Å²) in [4.78, 5) is 10.9. The summed E-state index contributed by atoms with van der Waals surface area (Å²) in [6.07, 6.45) is 0.148. The largest absolute Gasteiger partial charge is 0.504 e. The number of hydrogen-bond acceptors (Lipinski definition) is 3. The molecule has 5 heteroatoms. The number of aliphatic carboxylic acids is 1. The van der Waals surface area contributed by atoms with Crippen LogP contribution in [0.3, 0.4) is 0 Å². The van der Waals surface area contributed by atoms with Crippen LogP contribution >= 0.6 is 15.9 Å². The fourth-order valence-electron chi connectivity index (χ4n) is 1.29. The Bertz CT molecular complexity index is 426. The van der Waals surface area contributed by atoms with Crippen molar-refractivity contribution in [2.45, 2.75) is 20.3 Å². The van der Waals surface area contributed by atoms with E-state index in [1.54, 1.807) is 26.0 Å². The van der Waals surface area contributed by atoms with Crippen LogP contribution in [0.2, 0.25) is 0 Å². The van der Waals surface area contributed by atoms with Gasteiger partial charge >= 0.3 is 5.97 Å². The number of phenols is 2. The molecule has 0 saturated heterocycles. The summed E-state index contributed by atoms with van der Waals surface area (Å²) in [5.41, 5.74) is -0.578. The van der Waals surface area contributed by atoms with Crippen molar-refractivity contribution in [1.29, 1.82) is 0 Å². The van der Waals surface area contributed by atoms with Gasteiger partial charge in [-0.15, -0.1) is 0 Å². The zero-order chi connectivity index (χ0) is 12.5. The molecule has 88 valence electrons. The summed E-state index contributed by atoms with van der Waals surface area (Å²) >= 11 is 3.06. The van der Waals surface area contributed by atoms with Gasteiger partial charge in [-0.1, -0.05) is 6.07 Å². The Hall–Kier alpha value is -1.23. The van der Waals surface area contributed by atoms with Gasteiger partial charge < -0.3 is 15.3 Å². The predicted octanol–water partition coefficient (Wildman–Crippen LogP) is 2.51. The Balaban J connectivity index is 3.08. The van der Waals surface area contributed by atoms with Gasteiger partial charge in [-0.2, -0.15) is 0 Å². The molecule has 1 aromatic rings. The van der Waals surface area contributed by atoms with Crippen LogP contribution in [-0.2, 0) is 11.2 Å². The second kappa shape index (κ2) is 4.33. The molecule has 0 heterocycles. The lowest BCUT2D eigenvalue weighted by Crippen LogP contribution is -2.26. The van der Waals surface area contributed by atoms with Gasteiger partial charge in [-0.25, -0.2) is 0 Å². The van der Waals surface area contributed by atoms with Crippen LogP contribution < -0.4 is 0 Å². The third kappa shape index (κ3) is 2.47. The monoisotopic (exact) mass is 288 g/mol. The summed E-state index contributed by atoms with van der Waals surface area (Å²) in [5.74, 6) is -1.49. The van der Waals surface area contributed by atoms with E-state index < -0.39 is 11.4 Å². The van der Waals surface area contributed by atoms with Gasteiger partial charge in [0.25, 0.3) is 0 Å². The van der Waals surface area contributed by atoms with Gasteiger partial charge in [0.15, 0.2) is 11.5 Å². The smallest absolute Gasteiger partial charge is 0.309 e. The number of benzene rings is 1. The maximum atomic E-state index is 10.9. The molecule has 0 aromatic heterocycles. The quantitative estimate of drug-likeness (QED) is 0.747. The normalized spacial score (nSPS) is 11.4. The van der Waals surface area contributed by atoms with Gasteiger partial charge in [0.1, 0.15) is 0 Å². The molecule has 0 aliphatic carbocycles. The summed E-state index contributed by atoms with van der Waals surface area (Å²) < 4.78 is 0.377. The topological polar surface area (TPSA) is 77.8 Å². The van der Waals surface area contributed by atoms with Gasteiger partial charge in [0.2, 0.25) is 0 Å². The minimum Gasteiger partial charge on any atom is -0.504 e. The minimum absolute atomic E-state index is 0.148. The SMILES string of the molecule is CC(C)(Cc1ccc(Br)c(O)c1O)C(=O)O. The number of aromatic hydroxyl groups is 2. The van der Waals surface area contributed by atoms with Crippen molar-refractivity contribution in [3.63, 3.8) is 0 Å². The highest BCUT2D eigenvalue weighted by Crippen LogP contribution is 2.38. The zero-order valence-electron chi connectivity index (χ0n) is 8.99. The highest BCUT2D eigenvalue weighted by atomic mass is 79.9. The Kier molecular flexibility index (Phi) is 3.48. The predicted molar refractivity (Wildman–Crippen MR) is 62.6 cm³/mol. The van der Waals surface area contributed by atoms with E-state index in [-0.39, 0.29) is 17.9 Å². The number of carboxylic acid groups (broad SMARTS) is 1. The molecule has 0 atom stereocenters. The third-order valence-electron chi connectivity index (χ3n) is 2.40. The number of carboxylic acids is 1. The van der Waals surface area contributed by atoms with Crippen molar-refractivity contribution in [3.05, 3.63) is 22.2 Å². The second-order valence-corrected chi connectivity index (χ2v) is 5.12. The molecule has 0 spiro atoms. The van der Waals surface area contributed by atoms with Crippen LogP contribution in [0.1, 0.15) is 19.4 Å². The molecule has 3 N–H and O–H groups in total. The lowest BCUT2D eigenvalue weighted by atomic mass is 9.85. The van der Waals surface area contributed by atoms with Crippen LogP contribution in [0.15, 0.2) is 16.6 Å². The Morgan fingerprint density at radius 2 is 1.88 bits per heavy atom. The molecular weight excluding hydrogens is 276 g/mol. The van der Waals surface area contributed by atoms with Gasteiger partial charge in [-0.05, 0) is 47.8 Å². The van der Waals surface area contributed by atoms with E-state index in [1.807, 2.05) is 0 Å². The molecule has 0 aliphatic heterocycles. The number of carbonyl (C=O) groups is 1. The maximum Gasteiger partial charge on any atom is 0.309 e. The van der Waals surface area contributed by atoms with E-state index in [2.05, 4.69) is 15.9 Å². The highest BCUT2D eigenvalue weighted by molar-refractivity contribution is 9.10. The van der Waals surface area contributed by atoms with Crippen molar-refractivity contribution in [1.82, 2.24) is 0 Å². The highest BCUT2D eigenvalue weighted by Gasteiger charge is 2.29. The van der Waals surface area contributed by atoms with Crippen LogP contribution in [0.4, 0.5) is 0 Å². The molecule has 1 rings (SSSR count). The molecule has 0 amide bonds. The third-order valence-corrected chi connectivity index (χ3v) is 3.04. The fraction of sp³-hybridized carbons (Fsp3) is 0.364. The maximum absolute atomic E-state index is 10.9. The van der Waals surface area contributed by atoms with Gasteiger partial charge in [0, 0.05) is 0 Å². The first-order valence-corrected chi connectivity index (χ1v) is 5.47. The molecule has 0 unspecified atom stereocenters. The first kappa shape index (κ1) is 12.8. The zero-order valence-corrected chi connectivity index (χ0v) is 10.6. The first-order chi connectivity index (χ1) is 7.25. The Morgan fingerprint density at radius 1 is 1.31 bits per heavy atom. The van der Waals surface area contributed by atoms with Gasteiger partial charge in [0.05, 0.1) is 9.89 Å². The van der Waals surface area contributed by atoms with Crippen molar-refractivity contribution >= 4 is 21.9 Å². The Morgan fingerprint density at radius 3 is 2.38 bits per heavy atom. The van der Waals surface area contributed by atoms with E-state index in [1.165, 1.54) is 0 Å². The van der Waals surface area contributed by atoms with E-state index in [4.69, 9.17) is 5.11 Å². The molecule has 4 nitrogen and oxygen atoms in total. The molecule has 16 heavy (non-hydrogen) atoms. The lowest BCUT2D eigenvalue weighted by Gasteiger charge is -2.20. The average molecular weight is 289 g/mol. The van der Waals surface area contributed by atoms with Gasteiger partial charge in [-0.3, -0.25) is 4.79 Å². The van der Waals surface area contributed by atoms with E-state index in [0.29, 0.717) is 10.0 Å². The summed E-state index contributed by atoms with van der Waals surface area (Å²) in [5, 5.41) is 28.1. The number of halogens is 1. The van der Waals surface area contributed by atoms with Crippen LogP contribution in [0, 0.1) is 5.41 Å². The average Bonchev–Trinajstić information content (AvgIpc) is 2.19. The summed E-state index contributed by atoms with van der Waals surface area (Å²) in [6, 6.07) is 3.16. The molecule has 0 fully saturated rings. The molecule has 0 radical (unpaired) electrons. The van der Waals surface area contributed by atoms with E-state index in [0.717, 1.165) is 0 Å². The standard InChI is InChI=1S/C11H13BrO4/c1-11(2,10(15)16)5-6-3-4-7(12)9(14)8(6)13/h3-4,13-14H,5H2,1-2H3,(H,15,16). The number of rotatable bonds is 3. The molecule has 0 saturated carbocycles. The fourth-order valence-corrected chi connectivity index (χ4v) is 1.61. The van der Waals surface area contributed by atoms with Crippen LogP contribution in [0.5, 0.6) is 11.5 Å². The Labute approximate surface area is 102 Å². The molecule has 0 aliphatic rings. The van der Waals surface area contributed by atoms with Crippen molar-refractivity contribution < 1.29 is 20.1 Å². The van der Waals surface area contributed by atoms with Crippen molar-refractivity contribution in [2.75, 3.05) is 0 Å². The van der Waals surface area contributed by atoms with Crippen molar-refractivity contribution in [2.24, 2.45) is 5.41 Å². The number of phenolic OH excluding ortho intramolecular Hbond substituents is 2. The summed E-state index contributed by atoms with van der Waals surface area (Å²) in [6.45, 7) is 3.13. The second-order valence-electron chi connectivity index (χ2n) is 4.27. The van der Waals surface area contributed by atoms with E-state index in [9.17, 15) is 15.0 Å².